The highest BCUT2D eigenvalue weighted by Crippen LogP contribution is 2.18. The third kappa shape index (κ3) is 5.54. The minimum Gasteiger partial charge on any atom is -0.369 e. The van der Waals surface area contributed by atoms with E-state index in [-0.39, 0.29) is 16.8 Å². The van der Waals surface area contributed by atoms with Crippen molar-refractivity contribution in [2.24, 2.45) is 0 Å². The number of nitrogens with one attached hydrogen (secondary N) is 1. The van der Waals surface area contributed by atoms with Gasteiger partial charge in [-0.15, -0.1) is 0 Å². The van der Waals surface area contributed by atoms with Crippen LogP contribution in [-0.2, 0) is 9.84 Å². The largest absolute Gasteiger partial charge is 0.369 e. The highest BCUT2D eigenvalue weighted by atomic mass is 32.2. The van der Waals surface area contributed by atoms with Gasteiger partial charge in [-0.3, -0.25) is 14.1 Å². The summed E-state index contributed by atoms with van der Waals surface area (Å²) in [6.07, 6.45) is 4.54. The Kier molecular flexibility index (Phi) is 6.99. The average molecular weight is 470 g/mol. The van der Waals surface area contributed by atoms with Crippen molar-refractivity contribution in [3.63, 3.8) is 0 Å². The lowest BCUT2D eigenvalue weighted by molar-refractivity contribution is 0.0949. The Balaban J connectivity index is 1.22. The fourth-order valence-corrected chi connectivity index (χ4v) is 5.01. The van der Waals surface area contributed by atoms with Gasteiger partial charge in [-0.2, -0.15) is 0 Å². The van der Waals surface area contributed by atoms with E-state index in [0.29, 0.717) is 12.1 Å². The summed E-state index contributed by atoms with van der Waals surface area (Å²) in [7, 11) is -3.54. The highest BCUT2D eigenvalue weighted by Gasteiger charge is 2.22. The molecule has 1 amide bonds. The number of unbranched alkanes of at least 4 members (excludes halogenated alkanes) is 1. The zero-order valence-corrected chi connectivity index (χ0v) is 20.0. The number of piperazine rings is 1. The summed E-state index contributed by atoms with van der Waals surface area (Å²) < 4.78 is 25.5. The minimum absolute atomic E-state index is 0.118. The van der Waals surface area contributed by atoms with E-state index in [0.717, 1.165) is 51.8 Å². The van der Waals surface area contributed by atoms with Crippen LogP contribution in [0.5, 0.6) is 0 Å². The molecule has 0 saturated carbocycles. The van der Waals surface area contributed by atoms with Crippen molar-refractivity contribution >= 4 is 26.9 Å². The van der Waals surface area contributed by atoms with Gasteiger partial charge in [0, 0.05) is 50.9 Å². The van der Waals surface area contributed by atoms with Gasteiger partial charge in [0.25, 0.3) is 5.91 Å². The molecule has 8 nitrogen and oxygen atoms in total. The van der Waals surface area contributed by atoms with Gasteiger partial charge in [0.15, 0.2) is 5.69 Å². The SMILES string of the molecule is Cc1cccc(N2CCN(CCCCNC(=O)c3nc(S(C)(=O)=O)n4ccccc34)CC2)c1. The number of anilines is 1. The second-order valence-corrected chi connectivity index (χ2v) is 10.5. The van der Waals surface area contributed by atoms with Gasteiger partial charge in [0.05, 0.1) is 5.52 Å². The Bertz CT molecular complexity index is 1230. The summed E-state index contributed by atoms with van der Waals surface area (Å²) in [6, 6.07) is 13.8. The number of aromatic nitrogens is 2. The molecular formula is C24H31N5O3S. The van der Waals surface area contributed by atoms with Crippen molar-refractivity contribution in [3.05, 3.63) is 59.9 Å². The van der Waals surface area contributed by atoms with Crippen LogP contribution in [0.15, 0.2) is 53.8 Å². The molecule has 176 valence electrons. The van der Waals surface area contributed by atoms with Crippen molar-refractivity contribution in [2.75, 3.05) is 50.4 Å². The zero-order chi connectivity index (χ0) is 23.4. The monoisotopic (exact) mass is 469 g/mol. The predicted molar refractivity (Wildman–Crippen MR) is 130 cm³/mol. The summed E-state index contributed by atoms with van der Waals surface area (Å²) >= 11 is 0. The van der Waals surface area contributed by atoms with Gasteiger partial charge in [-0.25, -0.2) is 13.4 Å². The molecule has 1 fully saturated rings. The number of carbonyl (C=O) groups is 1. The Morgan fingerprint density at radius 3 is 2.58 bits per heavy atom. The molecule has 1 aliphatic heterocycles. The quantitative estimate of drug-likeness (QED) is 0.510. The number of fused-ring (bicyclic) bond motifs is 1. The minimum atomic E-state index is -3.54. The molecule has 1 aromatic carbocycles. The molecule has 1 saturated heterocycles. The van der Waals surface area contributed by atoms with Crippen LogP contribution >= 0.6 is 0 Å². The smallest absolute Gasteiger partial charge is 0.272 e. The molecule has 1 aliphatic rings. The lowest BCUT2D eigenvalue weighted by Gasteiger charge is -2.36. The summed E-state index contributed by atoms with van der Waals surface area (Å²) in [6.45, 7) is 7.78. The number of amides is 1. The number of aryl methyl sites for hydroxylation is 1. The van der Waals surface area contributed by atoms with Crippen LogP contribution in [0.2, 0.25) is 0 Å². The fraction of sp³-hybridized carbons (Fsp3) is 0.417. The number of imidazole rings is 1. The molecule has 0 spiro atoms. The number of rotatable bonds is 8. The van der Waals surface area contributed by atoms with Crippen molar-refractivity contribution in [1.29, 1.82) is 0 Å². The molecular weight excluding hydrogens is 438 g/mol. The van der Waals surface area contributed by atoms with Gasteiger partial charge >= 0.3 is 0 Å². The van der Waals surface area contributed by atoms with E-state index >= 15 is 0 Å². The Morgan fingerprint density at radius 2 is 1.85 bits per heavy atom. The molecule has 0 bridgehead atoms. The number of sulfone groups is 1. The first-order valence-electron chi connectivity index (χ1n) is 11.3. The predicted octanol–water partition coefficient (Wildman–Crippen LogP) is 2.38. The molecule has 0 atom stereocenters. The van der Waals surface area contributed by atoms with Crippen LogP contribution < -0.4 is 10.2 Å². The summed E-state index contributed by atoms with van der Waals surface area (Å²) in [4.78, 5) is 21.7. The lowest BCUT2D eigenvalue weighted by atomic mass is 10.2. The van der Waals surface area contributed by atoms with E-state index in [4.69, 9.17) is 0 Å². The van der Waals surface area contributed by atoms with Crippen LogP contribution in [0.1, 0.15) is 28.9 Å². The molecule has 3 aromatic rings. The molecule has 0 aliphatic carbocycles. The summed E-state index contributed by atoms with van der Waals surface area (Å²) in [5, 5.41) is 2.77. The molecule has 4 rings (SSSR count). The van der Waals surface area contributed by atoms with E-state index in [1.807, 2.05) is 0 Å². The van der Waals surface area contributed by atoms with Crippen molar-refractivity contribution in [3.8, 4) is 0 Å². The molecule has 9 heteroatoms. The van der Waals surface area contributed by atoms with E-state index in [1.165, 1.54) is 15.7 Å². The second kappa shape index (κ2) is 9.93. The maximum absolute atomic E-state index is 12.7. The standard InChI is InChI=1S/C24H31N5O3S/c1-19-8-7-9-20(18-19)28-16-14-27(15-17-28)12-6-4-11-25-23(30)22-21-10-3-5-13-29(21)24(26-22)33(2,31)32/h3,5,7-10,13,18H,4,6,11-12,14-17H2,1-2H3,(H,25,30). The Hall–Kier alpha value is -2.91. The number of hydrogen-bond acceptors (Lipinski definition) is 6. The van der Waals surface area contributed by atoms with Crippen molar-refractivity contribution in [2.45, 2.75) is 24.9 Å². The number of carbonyl (C=O) groups excluding carboxylic acids is 1. The van der Waals surface area contributed by atoms with Gasteiger partial charge in [-0.1, -0.05) is 18.2 Å². The van der Waals surface area contributed by atoms with Crippen LogP contribution in [0.25, 0.3) is 5.52 Å². The zero-order valence-electron chi connectivity index (χ0n) is 19.2. The first-order chi connectivity index (χ1) is 15.8. The fourth-order valence-electron chi connectivity index (χ4n) is 4.24. The number of hydrogen-bond donors (Lipinski definition) is 1. The third-order valence-electron chi connectivity index (χ3n) is 5.99. The summed E-state index contributed by atoms with van der Waals surface area (Å²) in [5.41, 5.74) is 3.21. The van der Waals surface area contributed by atoms with E-state index in [1.54, 1.807) is 24.4 Å². The first-order valence-corrected chi connectivity index (χ1v) is 13.2. The highest BCUT2D eigenvalue weighted by molar-refractivity contribution is 7.90. The van der Waals surface area contributed by atoms with Gasteiger partial charge in [-0.05, 0) is 56.1 Å². The first kappa shape index (κ1) is 23.3. The lowest BCUT2D eigenvalue weighted by Crippen LogP contribution is -2.46. The Labute approximate surface area is 195 Å². The molecule has 0 unspecified atom stereocenters. The van der Waals surface area contributed by atoms with Gasteiger partial charge < -0.3 is 10.2 Å². The molecule has 0 radical (unpaired) electrons. The van der Waals surface area contributed by atoms with E-state index in [2.05, 4.69) is 51.3 Å². The van der Waals surface area contributed by atoms with Crippen molar-refractivity contribution in [1.82, 2.24) is 19.6 Å². The Morgan fingerprint density at radius 1 is 1.06 bits per heavy atom. The van der Waals surface area contributed by atoms with Crippen LogP contribution in [0, 0.1) is 6.92 Å². The molecule has 3 heterocycles. The van der Waals surface area contributed by atoms with Crippen molar-refractivity contribution < 1.29 is 13.2 Å². The van der Waals surface area contributed by atoms with Gasteiger partial charge in [0.2, 0.25) is 15.0 Å². The van der Waals surface area contributed by atoms with Crippen LogP contribution in [0.4, 0.5) is 5.69 Å². The maximum Gasteiger partial charge on any atom is 0.272 e. The normalized spacial score (nSPS) is 15.2. The summed E-state index contributed by atoms with van der Waals surface area (Å²) in [5.74, 6) is -0.347. The van der Waals surface area contributed by atoms with E-state index < -0.39 is 9.84 Å². The molecule has 2 aromatic heterocycles. The molecule has 1 N–H and O–H groups in total. The second-order valence-electron chi connectivity index (χ2n) is 8.60. The maximum atomic E-state index is 12.7. The van der Waals surface area contributed by atoms with Gasteiger partial charge in [0.1, 0.15) is 0 Å². The number of pyridine rings is 1. The van der Waals surface area contributed by atoms with E-state index in [9.17, 15) is 13.2 Å². The van der Waals surface area contributed by atoms with Crippen LogP contribution in [0.3, 0.4) is 0 Å². The third-order valence-corrected chi connectivity index (χ3v) is 6.94. The average Bonchev–Trinajstić information content (AvgIpc) is 3.20. The topological polar surface area (TPSA) is 87.0 Å². The van der Waals surface area contributed by atoms with Crippen LogP contribution in [-0.4, -0.2) is 74.1 Å². The number of benzene rings is 1. The number of nitrogens with zero attached hydrogens (tertiary/aromatic N) is 4. The molecule has 33 heavy (non-hydrogen) atoms.